The third kappa shape index (κ3) is 3.43. The van der Waals surface area contributed by atoms with Crippen LogP contribution < -0.4 is 5.32 Å². The van der Waals surface area contributed by atoms with Crippen molar-refractivity contribution in [2.45, 2.75) is 32.1 Å². The van der Waals surface area contributed by atoms with E-state index >= 15 is 0 Å². The van der Waals surface area contributed by atoms with Crippen LogP contribution in [-0.2, 0) is 5.41 Å². The Kier molecular flexibility index (Phi) is 5.27. The normalized spacial score (nSPS) is 15.2. The highest BCUT2D eigenvalue weighted by molar-refractivity contribution is 5.59. The molecule has 1 aliphatic rings. The Morgan fingerprint density at radius 3 is 2.42 bits per heavy atom. The molecule has 0 spiro atoms. The van der Waals surface area contributed by atoms with Crippen molar-refractivity contribution >= 4 is 5.69 Å². The van der Waals surface area contributed by atoms with Crippen LogP contribution in [-0.4, -0.2) is 0 Å². The molecule has 132 valence electrons. The van der Waals surface area contributed by atoms with Crippen LogP contribution in [0.4, 0.5) is 5.69 Å². The van der Waals surface area contributed by atoms with Crippen LogP contribution in [0, 0.1) is 0 Å². The summed E-state index contributed by atoms with van der Waals surface area (Å²) >= 11 is 0. The van der Waals surface area contributed by atoms with E-state index in [2.05, 4.69) is 105 Å². The average Bonchev–Trinajstić information content (AvgIpc) is 3.22. The molecule has 2 aromatic carbocycles. The maximum Gasteiger partial charge on any atom is 0.0387 e. The highest BCUT2D eigenvalue weighted by Gasteiger charge is 2.31. The Labute approximate surface area is 157 Å². The number of rotatable bonds is 7. The summed E-state index contributed by atoms with van der Waals surface area (Å²) in [6.45, 7) is 13.0. The van der Waals surface area contributed by atoms with Crippen molar-refractivity contribution in [3.63, 3.8) is 0 Å². The number of hydrogen-bond donors (Lipinski definition) is 1. The number of hydrogen-bond acceptors (Lipinski definition) is 1. The Morgan fingerprint density at radius 1 is 1.04 bits per heavy atom. The number of nitrogens with one attached hydrogen (secondary N) is 1. The first-order valence-electron chi connectivity index (χ1n) is 9.23. The van der Waals surface area contributed by atoms with Crippen molar-refractivity contribution in [2.75, 3.05) is 5.32 Å². The number of benzene rings is 2. The molecule has 1 unspecified atom stereocenters. The quantitative estimate of drug-likeness (QED) is 0.548. The lowest BCUT2D eigenvalue weighted by atomic mass is 9.70. The molecule has 1 nitrogen and oxygen atoms in total. The van der Waals surface area contributed by atoms with Crippen LogP contribution in [0.1, 0.15) is 37.8 Å². The van der Waals surface area contributed by atoms with Gasteiger partial charge >= 0.3 is 0 Å². The summed E-state index contributed by atoms with van der Waals surface area (Å²) < 4.78 is 0. The SMILES string of the molecule is C=C(Nc1cccc(C(C)(C(=C)CC)c2ccccc2)c1)C1=CCC=C1. The van der Waals surface area contributed by atoms with Gasteiger partial charge in [0.1, 0.15) is 0 Å². The van der Waals surface area contributed by atoms with E-state index in [1.165, 1.54) is 22.3 Å². The first-order valence-corrected chi connectivity index (χ1v) is 9.23. The molecule has 0 aliphatic heterocycles. The fraction of sp³-hybridized carbons (Fsp3) is 0.200. The Morgan fingerprint density at radius 2 is 1.77 bits per heavy atom. The van der Waals surface area contributed by atoms with Crippen LogP contribution >= 0.6 is 0 Å². The molecule has 1 aliphatic carbocycles. The highest BCUT2D eigenvalue weighted by atomic mass is 14.9. The second-order valence-corrected chi connectivity index (χ2v) is 6.93. The molecule has 1 N–H and O–H groups in total. The zero-order chi connectivity index (χ0) is 18.6. The maximum absolute atomic E-state index is 4.40. The van der Waals surface area contributed by atoms with E-state index in [1.807, 2.05) is 0 Å². The van der Waals surface area contributed by atoms with Gasteiger partial charge in [0.05, 0.1) is 0 Å². The monoisotopic (exact) mass is 341 g/mol. The Hall–Kier alpha value is -2.80. The minimum absolute atomic E-state index is 0.221. The zero-order valence-electron chi connectivity index (χ0n) is 15.8. The van der Waals surface area contributed by atoms with Crippen molar-refractivity contribution in [1.82, 2.24) is 0 Å². The minimum atomic E-state index is -0.221. The van der Waals surface area contributed by atoms with Gasteiger partial charge in [-0.1, -0.05) is 86.3 Å². The van der Waals surface area contributed by atoms with Gasteiger partial charge in [0, 0.05) is 16.8 Å². The van der Waals surface area contributed by atoms with Crippen molar-refractivity contribution < 1.29 is 0 Å². The van der Waals surface area contributed by atoms with E-state index in [-0.39, 0.29) is 5.41 Å². The van der Waals surface area contributed by atoms with E-state index in [1.54, 1.807) is 0 Å². The third-order valence-electron chi connectivity index (χ3n) is 5.34. The van der Waals surface area contributed by atoms with Crippen LogP contribution in [0.5, 0.6) is 0 Å². The van der Waals surface area contributed by atoms with E-state index < -0.39 is 0 Å². The van der Waals surface area contributed by atoms with Crippen LogP contribution in [0.3, 0.4) is 0 Å². The summed E-state index contributed by atoms with van der Waals surface area (Å²) in [5.74, 6) is 0. The molecular weight excluding hydrogens is 314 g/mol. The molecule has 1 atom stereocenters. The largest absolute Gasteiger partial charge is 0.356 e. The first kappa shape index (κ1) is 18.0. The van der Waals surface area contributed by atoms with E-state index in [0.29, 0.717) is 0 Å². The summed E-state index contributed by atoms with van der Waals surface area (Å²) in [6, 6.07) is 19.2. The Bertz CT molecular complexity index is 870. The molecule has 0 aromatic heterocycles. The summed E-state index contributed by atoms with van der Waals surface area (Å²) in [6.07, 6.45) is 8.38. The molecule has 0 saturated heterocycles. The van der Waals surface area contributed by atoms with Gasteiger partial charge in [0.25, 0.3) is 0 Å². The van der Waals surface area contributed by atoms with Gasteiger partial charge in [0.2, 0.25) is 0 Å². The van der Waals surface area contributed by atoms with E-state index in [4.69, 9.17) is 0 Å². The smallest absolute Gasteiger partial charge is 0.0387 e. The molecule has 0 bridgehead atoms. The summed E-state index contributed by atoms with van der Waals surface area (Å²) in [7, 11) is 0. The summed E-state index contributed by atoms with van der Waals surface area (Å²) in [5, 5.41) is 3.46. The molecular formula is C25H27N. The Balaban J connectivity index is 1.97. The zero-order valence-corrected chi connectivity index (χ0v) is 15.8. The van der Waals surface area contributed by atoms with Crippen molar-refractivity contribution in [1.29, 1.82) is 0 Å². The molecule has 0 heterocycles. The van der Waals surface area contributed by atoms with Gasteiger partial charge in [-0.05, 0) is 48.6 Å². The standard InChI is InChI=1S/C25H27N/c1-5-19(2)25(4,22-14-7-6-8-15-22)23-16-11-17-24(18-23)26-20(3)21-12-9-10-13-21/h6-9,11-18,26H,2-3,5,10H2,1,4H3. The second-order valence-electron chi connectivity index (χ2n) is 6.93. The van der Waals surface area contributed by atoms with Gasteiger partial charge < -0.3 is 5.32 Å². The lowest BCUT2D eigenvalue weighted by Gasteiger charge is -2.33. The number of anilines is 1. The number of allylic oxidation sites excluding steroid dienone is 4. The fourth-order valence-electron chi connectivity index (χ4n) is 3.54. The topological polar surface area (TPSA) is 12.0 Å². The molecule has 2 aromatic rings. The fourth-order valence-corrected chi connectivity index (χ4v) is 3.54. The predicted octanol–water partition coefficient (Wildman–Crippen LogP) is 6.77. The molecule has 26 heavy (non-hydrogen) atoms. The maximum atomic E-state index is 4.40. The summed E-state index contributed by atoms with van der Waals surface area (Å²) in [4.78, 5) is 0. The van der Waals surface area contributed by atoms with Crippen LogP contribution in [0.15, 0.2) is 103 Å². The van der Waals surface area contributed by atoms with Gasteiger partial charge in [-0.3, -0.25) is 0 Å². The molecule has 0 radical (unpaired) electrons. The van der Waals surface area contributed by atoms with Crippen LogP contribution in [0.25, 0.3) is 0 Å². The predicted molar refractivity (Wildman–Crippen MR) is 113 cm³/mol. The van der Waals surface area contributed by atoms with Gasteiger partial charge in [0.15, 0.2) is 0 Å². The highest BCUT2D eigenvalue weighted by Crippen LogP contribution is 2.40. The van der Waals surface area contributed by atoms with E-state index in [9.17, 15) is 0 Å². The van der Waals surface area contributed by atoms with Gasteiger partial charge in [-0.15, -0.1) is 0 Å². The molecule has 0 fully saturated rings. The van der Waals surface area contributed by atoms with Crippen molar-refractivity contribution in [3.05, 3.63) is 114 Å². The molecule has 3 rings (SSSR count). The van der Waals surface area contributed by atoms with Crippen molar-refractivity contribution in [3.8, 4) is 0 Å². The van der Waals surface area contributed by atoms with Gasteiger partial charge in [-0.25, -0.2) is 0 Å². The average molecular weight is 341 g/mol. The van der Waals surface area contributed by atoms with Crippen molar-refractivity contribution in [2.24, 2.45) is 0 Å². The lowest BCUT2D eigenvalue weighted by molar-refractivity contribution is 0.651. The van der Waals surface area contributed by atoms with E-state index in [0.717, 1.165) is 24.2 Å². The second kappa shape index (κ2) is 7.61. The molecule has 0 saturated carbocycles. The lowest BCUT2D eigenvalue weighted by Crippen LogP contribution is -2.26. The molecule has 0 amide bonds. The molecule has 1 heteroatoms. The summed E-state index contributed by atoms with van der Waals surface area (Å²) in [5.41, 5.74) is 6.65. The minimum Gasteiger partial charge on any atom is -0.356 e. The van der Waals surface area contributed by atoms with Gasteiger partial charge in [-0.2, -0.15) is 0 Å². The first-order chi connectivity index (χ1) is 12.6. The third-order valence-corrected chi connectivity index (χ3v) is 5.34. The van der Waals surface area contributed by atoms with Crippen LogP contribution in [0.2, 0.25) is 0 Å².